The molecule has 3 nitrogen and oxygen atoms in total. The van der Waals surface area contributed by atoms with Gasteiger partial charge in [0.1, 0.15) is 0 Å². The molecule has 0 aliphatic heterocycles. The van der Waals surface area contributed by atoms with Crippen LogP contribution in [-0.2, 0) is 13.5 Å². The zero-order valence-corrected chi connectivity index (χ0v) is 9.41. The molecule has 1 heterocycles. The molecule has 0 saturated heterocycles. The average Bonchev–Trinajstić information content (AvgIpc) is 2.60. The van der Waals surface area contributed by atoms with Gasteiger partial charge in [0.05, 0.1) is 0 Å². The first-order chi connectivity index (χ1) is 6.34. The summed E-state index contributed by atoms with van der Waals surface area (Å²) in [5, 5.41) is 12.5. The minimum atomic E-state index is 0.194. The number of hydrogen-bond donors (Lipinski definition) is 1. The molecule has 0 saturated carbocycles. The second-order valence-electron chi connectivity index (χ2n) is 1.92. The van der Waals surface area contributed by atoms with Gasteiger partial charge in [0.25, 0.3) is 0 Å². The minimum absolute atomic E-state index is 0.194. The summed E-state index contributed by atoms with van der Waals surface area (Å²) in [6.45, 7) is 8.19. The Morgan fingerprint density at radius 3 is 2.15 bits per heavy atom. The molecular formula is C10H22N2O. The van der Waals surface area contributed by atoms with E-state index in [1.165, 1.54) is 0 Å². The van der Waals surface area contributed by atoms with E-state index in [1.54, 1.807) is 10.9 Å². The maximum Gasteiger partial charge on any atom is 0.0492 e. The Bertz CT molecular complexity index is 185. The van der Waals surface area contributed by atoms with Crippen molar-refractivity contribution in [1.82, 2.24) is 9.78 Å². The highest BCUT2D eigenvalue weighted by Crippen LogP contribution is 1.95. The van der Waals surface area contributed by atoms with E-state index in [0.717, 1.165) is 5.69 Å². The maximum absolute atomic E-state index is 8.52. The van der Waals surface area contributed by atoms with Crippen LogP contribution < -0.4 is 0 Å². The van der Waals surface area contributed by atoms with Gasteiger partial charge >= 0.3 is 0 Å². The highest BCUT2D eigenvalue weighted by atomic mass is 16.3. The molecule has 0 spiro atoms. The fraction of sp³-hybridized carbons (Fsp3) is 0.700. The molecule has 3 heteroatoms. The summed E-state index contributed by atoms with van der Waals surface area (Å²) in [5.41, 5.74) is 1.07. The van der Waals surface area contributed by atoms with Crippen LogP contribution in [0.5, 0.6) is 0 Å². The van der Waals surface area contributed by atoms with Gasteiger partial charge in [-0.3, -0.25) is 4.68 Å². The van der Waals surface area contributed by atoms with Gasteiger partial charge in [-0.05, 0) is 6.07 Å². The van der Waals surface area contributed by atoms with Crippen LogP contribution in [0, 0.1) is 0 Å². The normalized spacial score (nSPS) is 7.85. The van der Waals surface area contributed by atoms with Crippen LogP contribution in [0.2, 0.25) is 0 Å². The molecule has 0 radical (unpaired) electrons. The van der Waals surface area contributed by atoms with Gasteiger partial charge in [0.15, 0.2) is 0 Å². The van der Waals surface area contributed by atoms with E-state index < -0.39 is 0 Å². The predicted octanol–water partition coefficient (Wildman–Crippen LogP) is 2.01. The fourth-order valence-electron chi connectivity index (χ4n) is 0.761. The lowest BCUT2D eigenvalue weighted by Gasteiger charge is -1.95. The molecule has 0 amide bonds. The topological polar surface area (TPSA) is 38.0 Å². The summed E-state index contributed by atoms with van der Waals surface area (Å²) in [7, 11) is 1.87. The Hall–Kier alpha value is -0.830. The van der Waals surface area contributed by atoms with E-state index in [2.05, 4.69) is 5.10 Å². The van der Waals surface area contributed by atoms with E-state index in [-0.39, 0.29) is 6.61 Å². The fourth-order valence-corrected chi connectivity index (χ4v) is 0.761. The van der Waals surface area contributed by atoms with Crippen LogP contribution >= 0.6 is 0 Å². The highest BCUT2D eigenvalue weighted by Gasteiger charge is 1.94. The van der Waals surface area contributed by atoms with Crippen LogP contribution in [0.3, 0.4) is 0 Å². The quantitative estimate of drug-likeness (QED) is 0.767. The number of aryl methyl sites for hydroxylation is 1. The monoisotopic (exact) mass is 186 g/mol. The first-order valence-corrected chi connectivity index (χ1v) is 4.92. The third-order valence-corrected chi connectivity index (χ3v) is 1.29. The number of hydrogen-bond acceptors (Lipinski definition) is 2. The van der Waals surface area contributed by atoms with Gasteiger partial charge in [0.2, 0.25) is 0 Å². The smallest absolute Gasteiger partial charge is 0.0492 e. The van der Waals surface area contributed by atoms with Gasteiger partial charge in [-0.1, -0.05) is 27.7 Å². The number of aliphatic hydroxyl groups excluding tert-OH is 1. The van der Waals surface area contributed by atoms with Crippen molar-refractivity contribution in [2.24, 2.45) is 7.05 Å². The van der Waals surface area contributed by atoms with Crippen LogP contribution in [0.1, 0.15) is 33.4 Å². The van der Waals surface area contributed by atoms with Crippen molar-refractivity contribution >= 4 is 0 Å². The zero-order chi connectivity index (χ0) is 10.7. The summed E-state index contributed by atoms with van der Waals surface area (Å²) in [6, 6.07) is 1.90. The SMILES string of the molecule is CC.CC.Cn1nccc1CCO. The Kier molecular flexibility index (Phi) is 12.6. The Morgan fingerprint density at radius 2 is 1.85 bits per heavy atom. The van der Waals surface area contributed by atoms with Gasteiger partial charge in [0, 0.05) is 32.0 Å². The molecule has 1 aromatic heterocycles. The molecule has 0 unspecified atom stereocenters. The number of rotatable bonds is 2. The zero-order valence-electron chi connectivity index (χ0n) is 9.41. The molecule has 1 rings (SSSR count). The summed E-state index contributed by atoms with van der Waals surface area (Å²) in [5.74, 6) is 0. The Balaban J connectivity index is 0. The van der Waals surface area contributed by atoms with E-state index in [0.29, 0.717) is 6.42 Å². The minimum Gasteiger partial charge on any atom is -0.396 e. The second kappa shape index (κ2) is 11.2. The van der Waals surface area contributed by atoms with E-state index in [4.69, 9.17) is 5.11 Å². The lowest BCUT2D eigenvalue weighted by Crippen LogP contribution is -1.99. The van der Waals surface area contributed by atoms with Gasteiger partial charge in [-0.25, -0.2) is 0 Å². The highest BCUT2D eigenvalue weighted by molar-refractivity contribution is 4.99. The Morgan fingerprint density at radius 1 is 1.31 bits per heavy atom. The molecule has 0 bridgehead atoms. The maximum atomic E-state index is 8.52. The average molecular weight is 186 g/mol. The van der Waals surface area contributed by atoms with E-state index in [1.807, 2.05) is 40.8 Å². The summed E-state index contributed by atoms with van der Waals surface area (Å²) in [6.07, 6.45) is 2.42. The van der Waals surface area contributed by atoms with E-state index in [9.17, 15) is 0 Å². The number of aromatic nitrogens is 2. The van der Waals surface area contributed by atoms with Crippen molar-refractivity contribution in [2.75, 3.05) is 6.61 Å². The van der Waals surface area contributed by atoms with Crippen LogP contribution in [0.15, 0.2) is 12.3 Å². The van der Waals surface area contributed by atoms with Crippen molar-refractivity contribution in [3.05, 3.63) is 18.0 Å². The van der Waals surface area contributed by atoms with Gasteiger partial charge < -0.3 is 5.11 Å². The molecule has 0 aromatic carbocycles. The van der Waals surface area contributed by atoms with Crippen LogP contribution in [0.4, 0.5) is 0 Å². The lowest BCUT2D eigenvalue weighted by molar-refractivity contribution is 0.296. The molecule has 1 aromatic rings. The van der Waals surface area contributed by atoms with Gasteiger partial charge in [-0.2, -0.15) is 5.10 Å². The molecule has 13 heavy (non-hydrogen) atoms. The third-order valence-electron chi connectivity index (χ3n) is 1.29. The third kappa shape index (κ3) is 6.34. The molecule has 0 aliphatic carbocycles. The molecule has 78 valence electrons. The van der Waals surface area contributed by atoms with Crippen molar-refractivity contribution in [2.45, 2.75) is 34.1 Å². The summed E-state index contributed by atoms with van der Waals surface area (Å²) in [4.78, 5) is 0. The molecule has 1 N–H and O–H groups in total. The first kappa shape index (κ1) is 14.7. The lowest BCUT2D eigenvalue weighted by atomic mass is 10.3. The first-order valence-electron chi connectivity index (χ1n) is 4.92. The summed E-state index contributed by atoms with van der Waals surface area (Å²) >= 11 is 0. The molecule has 0 atom stereocenters. The van der Waals surface area contributed by atoms with Gasteiger partial charge in [-0.15, -0.1) is 0 Å². The van der Waals surface area contributed by atoms with Crippen molar-refractivity contribution in [1.29, 1.82) is 0 Å². The van der Waals surface area contributed by atoms with Crippen LogP contribution in [-0.4, -0.2) is 21.5 Å². The van der Waals surface area contributed by atoms with E-state index >= 15 is 0 Å². The standard InChI is InChI=1S/C6H10N2O.2C2H6/c1-8-6(3-5-9)2-4-7-8;2*1-2/h2,4,9H,3,5H2,1H3;2*1-2H3. The van der Waals surface area contributed by atoms with Crippen LogP contribution in [0.25, 0.3) is 0 Å². The predicted molar refractivity (Wildman–Crippen MR) is 56.7 cm³/mol. The van der Waals surface area contributed by atoms with Crippen molar-refractivity contribution in [3.8, 4) is 0 Å². The number of nitrogens with zero attached hydrogens (tertiary/aromatic N) is 2. The second-order valence-corrected chi connectivity index (χ2v) is 1.92. The summed E-state index contributed by atoms with van der Waals surface area (Å²) < 4.78 is 1.76. The number of aliphatic hydroxyl groups is 1. The molecular weight excluding hydrogens is 164 g/mol. The molecule has 0 fully saturated rings. The van der Waals surface area contributed by atoms with Crippen molar-refractivity contribution in [3.63, 3.8) is 0 Å². The molecule has 0 aliphatic rings. The Labute approximate surface area is 81.4 Å². The largest absolute Gasteiger partial charge is 0.396 e. The van der Waals surface area contributed by atoms with Crippen molar-refractivity contribution < 1.29 is 5.11 Å².